The minimum Gasteiger partial charge on any atom is -0.367 e. The Bertz CT molecular complexity index is 773. The number of hydrogen-bond donors (Lipinski definition) is 0. The average molecular weight is 388 g/mol. The minimum atomic E-state index is -0.185. The number of halogens is 3. The summed E-state index contributed by atoms with van der Waals surface area (Å²) in [5.41, 5.74) is 1.94. The second kappa shape index (κ2) is 7.69. The van der Waals surface area contributed by atoms with Gasteiger partial charge in [0.15, 0.2) is 0 Å². The molecular weight excluding hydrogens is 375 g/mol. The van der Waals surface area contributed by atoms with Gasteiger partial charge >= 0.3 is 0 Å². The molecule has 1 aromatic carbocycles. The smallest absolute Gasteiger partial charge is 0.101 e. The van der Waals surface area contributed by atoms with E-state index in [1.165, 1.54) is 11.3 Å². The zero-order valence-corrected chi connectivity index (χ0v) is 15.0. The Morgan fingerprint density at radius 3 is 2.70 bits per heavy atom. The number of nitrogens with zero attached hydrogens (tertiary/aromatic N) is 2. The van der Waals surface area contributed by atoms with Crippen LogP contribution in [0.2, 0.25) is 14.4 Å². The lowest BCUT2D eigenvalue weighted by Gasteiger charge is -2.19. The summed E-state index contributed by atoms with van der Waals surface area (Å²) in [6.07, 6.45) is 5.20. The summed E-state index contributed by atoms with van der Waals surface area (Å²) < 4.78 is 8.80. The van der Waals surface area contributed by atoms with Crippen LogP contribution in [0.15, 0.2) is 48.4 Å². The van der Waals surface area contributed by atoms with Gasteiger partial charge in [0.25, 0.3) is 0 Å². The molecule has 0 radical (unpaired) electrons. The molecule has 3 nitrogen and oxygen atoms in total. The molecule has 0 N–H and O–H groups in total. The predicted molar refractivity (Wildman–Crippen MR) is 95.5 cm³/mol. The molecular formula is C16H13Cl3N2OS. The van der Waals surface area contributed by atoms with Crippen molar-refractivity contribution in [2.75, 3.05) is 0 Å². The van der Waals surface area contributed by atoms with Gasteiger partial charge in [-0.15, -0.1) is 11.3 Å². The summed E-state index contributed by atoms with van der Waals surface area (Å²) >= 11 is 19.8. The molecule has 0 saturated heterocycles. The third-order valence-corrected chi connectivity index (χ3v) is 5.37. The highest BCUT2D eigenvalue weighted by Crippen LogP contribution is 2.30. The molecule has 1 unspecified atom stereocenters. The van der Waals surface area contributed by atoms with Gasteiger partial charge in [0.2, 0.25) is 0 Å². The number of thiophene rings is 1. The predicted octanol–water partition coefficient (Wildman–Crippen LogP) is 5.86. The molecule has 0 amide bonds. The van der Waals surface area contributed by atoms with E-state index in [-0.39, 0.29) is 6.10 Å². The van der Waals surface area contributed by atoms with Crippen LogP contribution >= 0.6 is 46.1 Å². The van der Waals surface area contributed by atoms with Crippen LogP contribution in [0.1, 0.15) is 17.2 Å². The van der Waals surface area contributed by atoms with Gasteiger partial charge in [-0.1, -0.05) is 40.9 Å². The molecule has 0 saturated carbocycles. The highest BCUT2D eigenvalue weighted by Gasteiger charge is 2.16. The Kier molecular flexibility index (Phi) is 5.62. The van der Waals surface area contributed by atoms with Crippen LogP contribution in [0.3, 0.4) is 0 Å². The number of aromatic nitrogens is 2. The standard InChI is InChI=1S/C16H13Cl3N2OS/c17-13-2-1-11(7-14(13)18)15(8-21-5-4-20-10-21)22-9-12-3-6-23-16(12)19/h1-7,10,15H,8-9H2. The molecule has 2 heterocycles. The third kappa shape index (κ3) is 4.28. The van der Waals surface area contributed by atoms with Crippen LogP contribution in [0.5, 0.6) is 0 Å². The molecule has 3 rings (SSSR count). The van der Waals surface area contributed by atoms with Crippen molar-refractivity contribution in [2.24, 2.45) is 0 Å². The maximum absolute atomic E-state index is 6.14. The van der Waals surface area contributed by atoms with Crippen LogP contribution in [-0.4, -0.2) is 9.55 Å². The molecule has 23 heavy (non-hydrogen) atoms. The molecule has 0 aliphatic rings. The van der Waals surface area contributed by atoms with E-state index in [1.807, 2.05) is 34.3 Å². The van der Waals surface area contributed by atoms with Crippen molar-refractivity contribution in [3.05, 3.63) is 73.9 Å². The van der Waals surface area contributed by atoms with E-state index in [1.54, 1.807) is 18.6 Å². The first-order valence-electron chi connectivity index (χ1n) is 6.87. The number of hydrogen-bond acceptors (Lipinski definition) is 3. The van der Waals surface area contributed by atoms with E-state index in [4.69, 9.17) is 39.5 Å². The van der Waals surface area contributed by atoms with Gasteiger partial charge in [-0.3, -0.25) is 0 Å². The summed E-state index contributed by atoms with van der Waals surface area (Å²) in [4.78, 5) is 4.07. The fourth-order valence-corrected chi connectivity index (χ4v) is 3.37. The van der Waals surface area contributed by atoms with Crippen molar-refractivity contribution in [3.8, 4) is 0 Å². The van der Waals surface area contributed by atoms with Gasteiger partial charge in [-0.05, 0) is 29.1 Å². The van der Waals surface area contributed by atoms with Crippen LogP contribution in [0, 0.1) is 0 Å². The molecule has 0 aliphatic heterocycles. The highest BCUT2D eigenvalue weighted by molar-refractivity contribution is 7.14. The van der Waals surface area contributed by atoms with Crippen LogP contribution in [0.25, 0.3) is 0 Å². The van der Waals surface area contributed by atoms with Crippen molar-refractivity contribution >= 4 is 46.1 Å². The van der Waals surface area contributed by atoms with Crippen molar-refractivity contribution in [2.45, 2.75) is 19.3 Å². The van der Waals surface area contributed by atoms with Crippen LogP contribution < -0.4 is 0 Å². The van der Waals surface area contributed by atoms with Gasteiger partial charge < -0.3 is 9.30 Å². The summed E-state index contributed by atoms with van der Waals surface area (Å²) in [5.74, 6) is 0. The maximum Gasteiger partial charge on any atom is 0.101 e. The van der Waals surface area contributed by atoms with E-state index < -0.39 is 0 Å². The lowest BCUT2D eigenvalue weighted by atomic mass is 10.1. The SMILES string of the molecule is Clc1ccc(C(Cn2ccnc2)OCc2ccsc2Cl)cc1Cl. The molecule has 0 spiro atoms. The van der Waals surface area contributed by atoms with E-state index >= 15 is 0 Å². The Morgan fingerprint density at radius 1 is 1.17 bits per heavy atom. The molecule has 3 aromatic rings. The number of imidazole rings is 1. The second-order valence-electron chi connectivity index (χ2n) is 4.95. The van der Waals surface area contributed by atoms with E-state index in [9.17, 15) is 0 Å². The fraction of sp³-hybridized carbons (Fsp3) is 0.188. The fourth-order valence-electron chi connectivity index (χ4n) is 2.17. The monoisotopic (exact) mass is 386 g/mol. The van der Waals surface area contributed by atoms with Crippen molar-refractivity contribution < 1.29 is 4.74 Å². The zero-order valence-electron chi connectivity index (χ0n) is 12.0. The zero-order chi connectivity index (χ0) is 16.2. The van der Waals surface area contributed by atoms with Gasteiger partial charge in [0.05, 0.1) is 33.9 Å². The maximum atomic E-state index is 6.14. The second-order valence-corrected chi connectivity index (χ2v) is 7.28. The number of rotatable bonds is 6. The van der Waals surface area contributed by atoms with E-state index in [2.05, 4.69) is 4.98 Å². The van der Waals surface area contributed by atoms with Gasteiger partial charge in [-0.2, -0.15) is 0 Å². The Balaban J connectivity index is 1.80. The Hall–Kier alpha value is -1.04. The lowest BCUT2D eigenvalue weighted by molar-refractivity contribution is 0.0282. The van der Waals surface area contributed by atoms with Gasteiger partial charge in [0, 0.05) is 18.0 Å². The molecule has 1 atom stereocenters. The Morgan fingerprint density at radius 2 is 2.04 bits per heavy atom. The molecule has 2 aromatic heterocycles. The minimum absolute atomic E-state index is 0.185. The van der Waals surface area contributed by atoms with Crippen LogP contribution in [0.4, 0.5) is 0 Å². The summed E-state index contributed by atoms with van der Waals surface area (Å²) in [5, 5.41) is 2.99. The summed E-state index contributed by atoms with van der Waals surface area (Å²) in [7, 11) is 0. The molecule has 7 heteroatoms. The van der Waals surface area contributed by atoms with E-state index in [0.29, 0.717) is 23.2 Å². The van der Waals surface area contributed by atoms with Crippen molar-refractivity contribution in [1.29, 1.82) is 0 Å². The molecule has 0 fully saturated rings. The third-order valence-electron chi connectivity index (χ3n) is 3.38. The molecule has 0 aliphatic carbocycles. The number of ether oxygens (including phenoxy) is 1. The summed E-state index contributed by atoms with van der Waals surface area (Å²) in [6.45, 7) is 1.06. The Labute approximate surface area is 153 Å². The molecule has 120 valence electrons. The van der Waals surface area contributed by atoms with Crippen molar-refractivity contribution in [1.82, 2.24) is 9.55 Å². The quantitative estimate of drug-likeness (QED) is 0.529. The van der Waals surface area contributed by atoms with Crippen LogP contribution in [-0.2, 0) is 17.9 Å². The summed E-state index contributed by atoms with van der Waals surface area (Å²) in [6, 6.07) is 7.50. The van der Waals surface area contributed by atoms with Gasteiger partial charge in [-0.25, -0.2) is 4.98 Å². The topological polar surface area (TPSA) is 27.1 Å². The average Bonchev–Trinajstić information content (AvgIpc) is 3.18. The van der Waals surface area contributed by atoms with Crippen molar-refractivity contribution in [3.63, 3.8) is 0 Å². The first-order chi connectivity index (χ1) is 11.1. The normalized spacial score (nSPS) is 12.5. The van der Waals surface area contributed by atoms with Gasteiger partial charge in [0.1, 0.15) is 6.10 Å². The number of benzene rings is 1. The lowest BCUT2D eigenvalue weighted by Crippen LogP contribution is -2.12. The first-order valence-corrected chi connectivity index (χ1v) is 8.89. The van der Waals surface area contributed by atoms with E-state index in [0.717, 1.165) is 15.5 Å². The molecule has 0 bridgehead atoms. The largest absolute Gasteiger partial charge is 0.367 e. The highest BCUT2D eigenvalue weighted by atomic mass is 35.5. The first kappa shape index (κ1) is 16.8.